The second-order valence-electron chi connectivity index (χ2n) is 7.61. The van der Waals surface area contributed by atoms with E-state index in [9.17, 15) is 4.39 Å². The first-order chi connectivity index (χ1) is 16.1. The Morgan fingerprint density at radius 1 is 0.909 bits per heavy atom. The molecule has 0 aliphatic carbocycles. The van der Waals surface area contributed by atoms with Gasteiger partial charge in [-0.3, -0.25) is 0 Å². The molecule has 1 atom stereocenters. The molecular formula is C26H22FN3O2S. The third-order valence-electron chi connectivity index (χ3n) is 5.58. The van der Waals surface area contributed by atoms with Crippen molar-refractivity contribution in [1.82, 2.24) is 9.78 Å². The van der Waals surface area contributed by atoms with Crippen LogP contribution in [-0.4, -0.2) is 29.0 Å². The van der Waals surface area contributed by atoms with Crippen molar-refractivity contribution in [2.75, 3.05) is 14.2 Å². The molecule has 7 heteroatoms. The van der Waals surface area contributed by atoms with Gasteiger partial charge in [0.2, 0.25) is 0 Å². The number of rotatable bonds is 5. The van der Waals surface area contributed by atoms with E-state index in [0.717, 1.165) is 38.9 Å². The van der Waals surface area contributed by atoms with Gasteiger partial charge in [0.25, 0.3) is 0 Å². The Morgan fingerprint density at radius 2 is 1.64 bits per heavy atom. The van der Waals surface area contributed by atoms with Crippen LogP contribution in [0.25, 0.3) is 5.69 Å². The van der Waals surface area contributed by atoms with E-state index in [0.29, 0.717) is 11.5 Å². The molecule has 0 spiro atoms. The van der Waals surface area contributed by atoms with Gasteiger partial charge in [-0.25, -0.2) is 14.1 Å². The third-order valence-corrected chi connectivity index (χ3v) is 6.88. The van der Waals surface area contributed by atoms with Crippen molar-refractivity contribution >= 4 is 22.6 Å². The van der Waals surface area contributed by atoms with Crippen LogP contribution >= 0.6 is 11.8 Å². The van der Waals surface area contributed by atoms with Gasteiger partial charge in [-0.05, 0) is 48.9 Å². The maximum absolute atomic E-state index is 13.6. The van der Waals surface area contributed by atoms with Crippen molar-refractivity contribution in [2.24, 2.45) is 4.99 Å². The second-order valence-corrected chi connectivity index (χ2v) is 8.70. The summed E-state index contributed by atoms with van der Waals surface area (Å²) < 4.78 is 26.3. The molecule has 0 amide bonds. The molecule has 0 bridgehead atoms. The summed E-state index contributed by atoms with van der Waals surface area (Å²) in [6, 6.07) is 22.4. The fourth-order valence-electron chi connectivity index (χ4n) is 3.96. The molecule has 4 aromatic rings. The summed E-state index contributed by atoms with van der Waals surface area (Å²) in [7, 11) is 3.26. The van der Waals surface area contributed by atoms with Crippen LogP contribution in [-0.2, 0) is 0 Å². The second kappa shape index (κ2) is 8.75. The number of hydrogen-bond acceptors (Lipinski definition) is 5. The molecule has 1 unspecified atom stereocenters. The number of thioether (sulfide) groups is 1. The number of methoxy groups -OCH3 is 2. The molecule has 3 aromatic carbocycles. The molecule has 33 heavy (non-hydrogen) atoms. The SMILES string of the molecule is COc1ccc(C2SC(c3ccccc3)=Nc3c2c(C)nn3-c2ccc(F)cc2)cc1OC. The highest BCUT2D eigenvalue weighted by molar-refractivity contribution is 8.14. The summed E-state index contributed by atoms with van der Waals surface area (Å²) in [6.45, 7) is 1.98. The summed E-state index contributed by atoms with van der Waals surface area (Å²) in [5.74, 6) is 1.81. The summed E-state index contributed by atoms with van der Waals surface area (Å²) in [4.78, 5) is 5.02. The van der Waals surface area contributed by atoms with E-state index in [1.807, 2.05) is 55.5 Å². The van der Waals surface area contributed by atoms with Crippen molar-refractivity contribution in [2.45, 2.75) is 12.2 Å². The molecule has 0 N–H and O–H groups in total. The minimum Gasteiger partial charge on any atom is -0.493 e. The van der Waals surface area contributed by atoms with Crippen LogP contribution < -0.4 is 9.47 Å². The quantitative estimate of drug-likeness (QED) is 0.354. The van der Waals surface area contributed by atoms with Gasteiger partial charge in [-0.2, -0.15) is 5.10 Å². The number of halogens is 1. The lowest BCUT2D eigenvalue weighted by molar-refractivity contribution is 0.354. The first-order valence-electron chi connectivity index (χ1n) is 10.5. The van der Waals surface area contributed by atoms with Gasteiger partial charge in [0, 0.05) is 11.1 Å². The van der Waals surface area contributed by atoms with Gasteiger partial charge in [0.1, 0.15) is 10.9 Å². The Hall–Kier alpha value is -3.58. The predicted molar refractivity (Wildman–Crippen MR) is 130 cm³/mol. The van der Waals surface area contributed by atoms with E-state index in [2.05, 4.69) is 0 Å². The van der Waals surface area contributed by atoms with Gasteiger partial charge >= 0.3 is 0 Å². The number of ether oxygens (including phenoxy) is 2. The fourth-order valence-corrected chi connectivity index (χ4v) is 5.27. The van der Waals surface area contributed by atoms with Gasteiger partial charge in [-0.15, -0.1) is 0 Å². The standard InChI is InChI=1S/C26H22FN3O2S/c1-16-23-24(18-9-14-21(31-2)22(15-18)32-3)33-26(17-7-5-4-6-8-17)28-25(23)30(29-16)20-12-10-19(27)11-13-20/h4-15,24H,1-3H3. The molecular weight excluding hydrogens is 437 g/mol. The number of aryl methyl sites for hydroxylation is 1. The largest absolute Gasteiger partial charge is 0.493 e. The molecule has 0 fully saturated rings. The van der Waals surface area contributed by atoms with Crippen molar-refractivity contribution < 1.29 is 13.9 Å². The Kier molecular flexibility index (Phi) is 5.64. The maximum atomic E-state index is 13.6. The highest BCUT2D eigenvalue weighted by Gasteiger charge is 2.32. The van der Waals surface area contributed by atoms with Crippen molar-refractivity contribution in [3.8, 4) is 17.2 Å². The Bertz CT molecular complexity index is 1330. The van der Waals surface area contributed by atoms with Crippen LogP contribution in [0.2, 0.25) is 0 Å². The van der Waals surface area contributed by atoms with Crippen LogP contribution in [0.5, 0.6) is 11.5 Å². The van der Waals surface area contributed by atoms with Crippen molar-refractivity contribution in [3.63, 3.8) is 0 Å². The minimum absolute atomic E-state index is 0.0540. The molecule has 1 aliphatic heterocycles. The summed E-state index contributed by atoms with van der Waals surface area (Å²) >= 11 is 1.68. The number of fused-ring (bicyclic) bond motifs is 1. The van der Waals surface area contributed by atoms with Gasteiger partial charge in [-0.1, -0.05) is 48.2 Å². The summed E-state index contributed by atoms with van der Waals surface area (Å²) in [5.41, 5.74) is 4.75. The van der Waals surface area contributed by atoms with E-state index < -0.39 is 0 Å². The zero-order valence-corrected chi connectivity index (χ0v) is 19.3. The fraction of sp³-hybridized carbons (Fsp3) is 0.154. The highest BCUT2D eigenvalue weighted by atomic mass is 32.2. The van der Waals surface area contributed by atoms with E-state index in [4.69, 9.17) is 19.6 Å². The molecule has 166 valence electrons. The number of benzene rings is 3. The predicted octanol–water partition coefficient (Wildman–Crippen LogP) is 6.25. The molecule has 1 aromatic heterocycles. The Balaban J connectivity index is 1.71. The summed E-state index contributed by atoms with van der Waals surface area (Å²) in [5, 5.41) is 5.63. The van der Waals surface area contributed by atoms with Crippen LogP contribution in [0.1, 0.15) is 27.6 Å². The summed E-state index contributed by atoms with van der Waals surface area (Å²) in [6.07, 6.45) is 0. The Labute approximate surface area is 195 Å². The lowest BCUT2D eigenvalue weighted by Crippen LogP contribution is -2.10. The number of hydrogen-bond donors (Lipinski definition) is 0. The van der Waals surface area contributed by atoms with Crippen LogP contribution in [0, 0.1) is 12.7 Å². The number of nitrogens with zero attached hydrogens (tertiary/aromatic N) is 3. The lowest BCUT2D eigenvalue weighted by Gasteiger charge is -2.24. The first-order valence-corrected chi connectivity index (χ1v) is 11.3. The zero-order valence-electron chi connectivity index (χ0n) is 18.4. The third kappa shape index (κ3) is 3.89. The Morgan fingerprint density at radius 3 is 2.33 bits per heavy atom. The molecule has 1 aliphatic rings. The normalized spacial score (nSPS) is 15.0. The molecule has 0 radical (unpaired) electrons. The van der Waals surface area contributed by atoms with Gasteiger partial charge in [0.05, 0.1) is 30.9 Å². The zero-order chi connectivity index (χ0) is 22.9. The van der Waals surface area contributed by atoms with E-state index in [1.54, 1.807) is 42.8 Å². The molecule has 2 heterocycles. The van der Waals surface area contributed by atoms with E-state index in [1.165, 1.54) is 12.1 Å². The van der Waals surface area contributed by atoms with E-state index in [-0.39, 0.29) is 11.1 Å². The molecule has 0 saturated heterocycles. The number of aromatic nitrogens is 2. The average Bonchev–Trinajstić information content (AvgIpc) is 3.20. The minimum atomic E-state index is -0.288. The lowest BCUT2D eigenvalue weighted by atomic mass is 10.0. The smallest absolute Gasteiger partial charge is 0.161 e. The van der Waals surface area contributed by atoms with E-state index >= 15 is 0 Å². The van der Waals surface area contributed by atoms with Crippen LogP contribution in [0.4, 0.5) is 10.2 Å². The molecule has 5 nitrogen and oxygen atoms in total. The maximum Gasteiger partial charge on any atom is 0.161 e. The highest BCUT2D eigenvalue weighted by Crippen LogP contribution is 2.49. The molecule has 5 rings (SSSR count). The average molecular weight is 460 g/mol. The van der Waals surface area contributed by atoms with Crippen LogP contribution in [0.15, 0.2) is 77.8 Å². The molecule has 0 saturated carbocycles. The number of aliphatic imine (C=N–C) groups is 1. The van der Waals surface area contributed by atoms with Gasteiger partial charge < -0.3 is 9.47 Å². The van der Waals surface area contributed by atoms with Crippen LogP contribution in [0.3, 0.4) is 0 Å². The van der Waals surface area contributed by atoms with Gasteiger partial charge in [0.15, 0.2) is 17.3 Å². The monoisotopic (exact) mass is 459 g/mol. The first kappa shape index (κ1) is 21.3. The van der Waals surface area contributed by atoms with Crippen molar-refractivity contribution in [3.05, 3.63) is 101 Å². The van der Waals surface area contributed by atoms with Crippen molar-refractivity contribution in [1.29, 1.82) is 0 Å². The topological polar surface area (TPSA) is 48.6 Å².